The number of hydrogen-bond acceptors (Lipinski definition) is 3. The molecule has 1 N–H and O–H groups in total. The predicted octanol–water partition coefficient (Wildman–Crippen LogP) is 5.61. The second kappa shape index (κ2) is 10.5. The summed E-state index contributed by atoms with van der Waals surface area (Å²) in [5.74, 6) is 1.65. The van der Waals surface area contributed by atoms with E-state index in [4.69, 9.17) is 16.3 Å². The lowest BCUT2D eigenvalue weighted by Gasteiger charge is -2.32. The molecule has 1 aliphatic heterocycles. The zero-order valence-electron chi connectivity index (χ0n) is 17.4. The summed E-state index contributed by atoms with van der Waals surface area (Å²) in [5, 5.41) is 3.77. The van der Waals surface area contributed by atoms with E-state index in [2.05, 4.69) is 41.4 Å². The van der Waals surface area contributed by atoms with E-state index in [0.29, 0.717) is 24.5 Å². The highest BCUT2D eigenvalue weighted by Gasteiger charge is 2.16. The van der Waals surface area contributed by atoms with Gasteiger partial charge < -0.3 is 15.0 Å². The van der Waals surface area contributed by atoms with Crippen molar-refractivity contribution in [2.45, 2.75) is 45.6 Å². The number of anilines is 1. The molecule has 1 aliphatic rings. The molecule has 1 fully saturated rings. The summed E-state index contributed by atoms with van der Waals surface area (Å²) < 4.78 is 5.64. The molecule has 1 amide bonds. The van der Waals surface area contributed by atoms with Gasteiger partial charge in [-0.1, -0.05) is 30.7 Å². The summed E-state index contributed by atoms with van der Waals surface area (Å²) in [6, 6.07) is 15.9. The second-order valence-electron chi connectivity index (χ2n) is 7.96. The SMILES string of the molecule is CC1CCN(c2ccc([C@@H](C)NC(=O)CCCOc3ccc(Cl)cc3)cc2)CC1. The topological polar surface area (TPSA) is 41.6 Å². The van der Waals surface area contributed by atoms with Crippen molar-refractivity contribution in [3.63, 3.8) is 0 Å². The van der Waals surface area contributed by atoms with Crippen molar-refractivity contribution in [2.24, 2.45) is 5.92 Å². The number of ether oxygens (including phenoxy) is 1. The molecule has 0 spiro atoms. The quantitative estimate of drug-likeness (QED) is 0.570. The van der Waals surface area contributed by atoms with Crippen LogP contribution in [0.15, 0.2) is 48.5 Å². The first-order valence-corrected chi connectivity index (χ1v) is 10.9. The zero-order chi connectivity index (χ0) is 20.6. The molecule has 0 radical (unpaired) electrons. The molecule has 0 saturated carbocycles. The van der Waals surface area contributed by atoms with Gasteiger partial charge in [0.25, 0.3) is 0 Å². The monoisotopic (exact) mass is 414 g/mol. The number of piperidine rings is 1. The molecule has 5 heteroatoms. The van der Waals surface area contributed by atoms with Crippen LogP contribution in [0, 0.1) is 5.92 Å². The Hall–Kier alpha value is -2.20. The van der Waals surface area contributed by atoms with Crippen LogP contribution in [-0.2, 0) is 4.79 Å². The van der Waals surface area contributed by atoms with Gasteiger partial charge in [0.1, 0.15) is 5.75 Å². The summed E-state index contributed by atoms with van der Waals surface area (Å²) >= 11 is 5.86. The minimum atomic E-state index is -0.00453. The van der Waals surface area contributed by atoms with Crippen LogP contribution >= 0.6 is 11.6 Å². The molecule has 2 aromatic rings. The zero-order valence-corrected chi connectivity index (χ0v) is 18.1. The van der Waals surface area contributed by atoms with Gasteiger partial charge >= 0.3 is 0 Å². The Kier molecular flexibility index (Phi) is 7.82. The summed E-state index contributed by atoms with van der Waals surface area (Å²) in [6.07, 6.45) is 3.64. The van der Waals surface area contributed by atoms with Crippen LogP contribution in [-0.4, -0.2) is 25.6 Å². The second-order valence-corrected chi connectivity index (χ2v) is 8.39. The lowest BCUT2D eigenvalue weighted by atomic mass is 9.98. The normalized spacial score (nSPS) is 15.8. The van der Waals surface area contributed by atoms with Gasteiger partial charge in [0.15, 0.2) is 0 Å². The minimum absolute atomic E-state index is 0.00453. The van der Waals surface area contributed by atoms with E-state index < -0.39 is 0 Å². The number of amides is 1. The molecule has 4 nitrogen and oxygen atoms in total. The van der Waals surface area contributed by atoms with Crippen molar-refractivity contribution < 1.29 is 9.53 Å². The number of rotatable bonds is 8. The first-order valence-electron chi connectivity index (χ1n) is 10.5. The summed E-state index contributed by atoms with van der Waals surface area (Å²) in [4.78, 5) is 14.7. The Morgan fingerprint density at radius 2 is 1.79 bits per heavy atom. The molecule has 0 aliphatic carbocycles. The number of carbonyl (C=O) groups is 1. The van der Waals surface area contributed by atoms with Crippen LogP contribution < -0.4 is 15.0 Å². The Labute approximate surface area is 179 Å². The molecule has 156 valence electrons. The van der Waals surface area contributed by atoms with Crippen molar-refractivity contribution in [1.82, 2.24) is 5.32 Å². The Morgan fingerprint density at radius 1 is 1.14 bits per heavy atom. The van der Waals surface area contributed by atoms with E-state index in [1.54, 1.807) is 12.1 Å². The molecule has 1 atom stereocenters. The smallest absolute Gasteiger partial charge is 0.220 e. The van der Waals surface area contributed by atoms with Crippen LogP contribution in [0.1, 0.15) is 51.1 Å². The fourth-order valence-corrected chi connectivity index (χ4v) is 3.72. The number of nitrogens with one attached hydrogen (secondary N) is 1. The van der Waals surface area contributed by atoms with Gasteiger partial charge in [0.05, 0.1) is 12.6 Å². The first kappa shape index (κ1) is 21.5. The van der Waals surface area contributed by atoms with E-state index in [0.717, 1.165) is 30.3 Å². The summed E-state index contributed by atoms with van der Waals surface area (Å²) in [5.41, 5.74) is 2.41. The van der Waals surface area contributed by atoms with Crippen molar-refractivity contribution in [1.29, 1.82) is 0 Å². The third-order valence-corrected chi connectivity index (χ3v) is 5.80. The average molecular weight is 415 g/mol. The van der Waals surface area contributed by atoms with Gasteiger partial charge in [0.2, 0.25) is 5.91 Å². The van der Waals surface area contributed by atoms with E-state index in [-0.39, 0.29) is 11.9 Å². The van der Waals surface area contributed by atoms with E-state index >= 15 is 0 Å². The number of nitrogens with zero attached hydrogens (tertiary/aromatic N) is 1. The maximum atomic E-state index is 12.2. The number of benzene rings is 2. The van der Waals surface area contributed by atoms with E-state index in [1.807, 2.05) is 19.1 Å². The third kappa shape index (κ3) is 6.67. The number of halogens is 1. The molecular formula is C24H31ClN2O2. The molecule has 0 bridgehead atoms. The average Bonchev–Trinajstić information content (AvgIpc) is 2.73. The largest absolute Gasteiger partial charge is 0.494 e. The van der Waals surface area contributed by atoms with Gasteiger partial charge in [0, 0.05) is 30.2 Å². The van der Waals surface area contributed by atoms with Crippen LogP contribution in [0.3, 0.4) is 0 Å². The van der Waals surface area contributed by atoms with Crippen LogP contribution in [0.5, 0.6) is 5.75 Å². The fraction of sp³-hybridized carbons (Fsp3) is 0.458. The van der Waals surface area contributed by atoms with Crippen molar-refractivity contribution >= 4 is 23.2 Å². The van der Waals surface area contributed by atoms with Crippen molar-refractivity contribution in [2.75, 3.05) is 24.6 Å². The van der Waals surface area contributed by atoms with Gasteiger partial charge in [-0.15, -0.1) is 0 Å². The number of hydrogen-bond donors (Lipinski definition) is 1. The molecule has 3 rings (SSSR count). The van der Waals surface area contributed by atoms with Gasteiger partial charge in [-0.3, -0.25) is 4.79 Å². The third-order valence-electron chi connectivity index (χ3n) is 5.55. The minimum Gasteiger partial charge on any atom is -0.494 e. The molecular weight excluding hydrogens is 384 g/mol. The van der Waals surface area contributed by atoms with Gasteiger partial charge in [-0.05, 0) is 74.1 Å². The maximum absolute atomic E-state index is 12.2. The molecule has 1 saturated heterocycles. The predicted molar refractivity (Wildman–Crippen MR) is 120 cm³/mol. The summed E-state index contributed by atoms with van der Waals surface area (Å²) in [6.45, 7) is 7.12. The highest BCUT2D eigenvalue weighted by Crippen LogP contribution is 2.24. The molecule has 1 heterocycles. The molecule has 0 aromatic heterocycles. The number of carbonyl (C=O) groups excluding carboxylic acids is 1. The Morgan fingerprint density at radius 3 is 2.45 bits per heavy atom. The maximum Gasteiger partial charge on any atom is 0.220 e. The van der Waals surface area contributed by atoms with Crippen molar-refractivity contribution in [3.05, 3.63) is 59.1 Å². The van der Waals surface area contributed by atoms with Crippen molar-refractivity contribution in [3.8, 4) is 5.75 Å². The molecule has 0 unspecified atom stereocenters. The Bertz CT molecular complexity index is 768. The lowest BCUT2D eigenvalue weighted by Crippen LogP contribution is -2.32. The molecule has 29 heavy (non-hydrogen) atoms. The van der Waals surface area contributed by atoms with E-state index in [1.165, 1.54) is 18.5 Å². The highest BCUT2D eigenvalue weighted by atomic mass is 35.5. The standard InChI is InChI=1S/C24H31ClN2O2/c1-18-13-15-27(16-14-18)22-9-5-20(6-10-22)19(2)26-24(28)4-3-17-29-23-11-7-21(25)8-12-23/h5-12,18-19H,3-4,13-17H2,1-2H3,(H,26,28)/t19-/m1/s1. The lowest BCUT2D eigenvalue weighted by molar-refractivity contribution is -0.121. The van der Waals surface area contributed by atoms with E-state index in [9.17, 15) is 4.79 Å². The first-order chi connectivity index (χ1) is 14.0. The Balaban J connectivity index is 1.39. The fourth-order valence-electron chi connectivity index (χ4n) is 3.59. The summed E-state index contributed by atoms with van der Waals surface area (Å²) in [7, 11) is 0. The van der Waals surface area contributed by atoms with Gasteiger partial charge in [-0.2, -0.15) is 0 Å². The van der Waals surface area contributed by atoms with Crippen LogP contribution in [0.4, 0.5) is 5.69 Å². The molecule has 2 aromatic carbocycles. The van der Waals surface area contributed by atoms with Gasteiger partial charge in [-0.25, -0.2) is 0 Å². The highest BCUT2D eigenvalue weighted by molar-refractivity contribution is 6.30. The van der Waals surface area contributed by atoms with Crippen LogP contribution in [0.2, 0.25) is 5.02 Å². The van der Waals surface area contributed by atoms with Crippen LogP contribution in [0.25, 0.3) is 0 Å².